The first-order chi connectivity index (χ1) is 18.4. The van der Waals surface area contributed by atoms with Gasteiger partial charge in [0.1, 0.15) is 23.4 Å². The number of hydrogen-bond donors (Lipinski definition) is 0. The molecule has 3 aromatic carbocycles. The minimum atomic E-state index is -4.12. The fraction of sp³-hybridized carbons (Fsp3) is 0.321. The molecule has 0 N–H and O–H groups in total. The summed E-state index contributed by atoms with van der Waals surface area (Å²) in [4.78, 5) is 12.3. The van der Waals surface area contributed by atoms with Crippen molar-refractivity contribution in [2.45, 2.75) is 55.9 Å². The molecule has 0 saturated heterocycles. The van der Waals surface area contributed by atoms with Crippen LogP contribution in [-0.4, -0.2) is 39.1 Å². The molecule has 0 radical (unpaired) electrons. The number of anilines is 1. The molecule has 1 atom stereocenters. The molecule has 1 aliphatic heterocycles. The second-order valence-corrected chi connectivity index (χ2v) is 11.6. The van der Waals surface area contributed by atoms with Crippen LogP contribution in [0.2, 0.25) is 0 Å². The van der Waals surface area contributed by atoms with Crippen LogP contribution in [0.5, 0.6) is 11.5 Å². The molecule has 11 heteroatoms. The van der Waals surface area contributed by atoms with E-state index < -0.39 is 40.0 Å². The standard InChI is InChI=1S/C28H25F4NO5S/c1-17-3-2-4-23(11-17)39(35,36)33-16-21(6-8-26(34)28(32)9-10-28)37-25-7-5-18(14-24(25)33)19-12-20(29)15-22(13-19)38-27(30)31/h2-5,7,11-15,21,27H,6,8-10,16H2,1H3/t21-/m0/s1. The number of carbonyl (C=O) groups is 1. The van der Waals surface area contributed by atoms with E-state index in [2.05, 4.69) is 4.74 Å². The van der Waals surface area contributed by atoms with Crippen LogP contribution in [0.3, 0.4) is 0 Å². The first-order valence-electron chi connectivity index (χ1n) is 12.3. The predicted molar refractivity (Wildman–Crippen MR) is 136 cm³/mol. The van der Waals surface area contributed by atoms with E-state index in [1.54, 1.807) is 19.1 Å². The average molecular weight is 564 g/mol. The normalized spacial score (nSPS) is 17.9. The van der Waals surface area contributed by atoms with Crippen LogP contribution >= 0.6 is 0 Å². The highest BCUT2D eigenvalue weighted by Gasteiger charge is 2.50. The van der Waals surface area contributed by atoms with E-state index in [-0.39, 0.29) is 59.9 Å². The van der Waals surface area contributed by atoms with Gasteiger partial charge in [0, 0.05) is 12.5 Å². The van der Waals surface area contributed by atoms with Crippen molar-refractivity contribution in [3.63, 3.8) is 0 Å². The van der Waals surface area contributed by atoms with Crippen molar-refractivity contribution in [1.82, 2.24) is 0 Å². The lowest BCUT2D eigenvalue weighted by atomic mass is 10.0. The molecule has 1 aliphatic carbocycles. The smallest absolute Gasteiger partial charge is 0.387 e. The largest absolute Gasteiger partial charge is 0.486 e. The maximum atomic E-state index is 14.2. The minimum Gasteiger partial charge on any atom is -0.486 e. The highest BCUT2D eigenvalue weighted by atomic mass is 32.2. The molecule has 0 amide bonds. The maximum absolute atomic E-state index is 14.2. The highest BCUT2D eigenvalue weighted by Crippen LogP contribution is 2.43. The third-order valence-electron chi connectivity index (χ3n) is 6.78. The second kappa shape index (κ2) is 10.2. The number of carbonyl (C=O) groups excluding carboxylic acids is 1. The third-order valence-corrected chi connectivity index (χ3v) is 8.56. The zero-order chi connectivity index (χ0) is 27.9. The van der Waals surface area contributed by atoms with Gasteiger partial charge in [-0.15, -0.1) is 0 Å². The Bertz CT molecular complexity index is 1520. The van der Waals surface area contributed by atoms with Gasteiger partial charge in [-0.1, -0.05) is 18.2 Å². The Morgan fingerprint density at radius 2 is 1.87 bits per heavy atom. The number of halogens is 4. The number of fused-ring (bicyclic) bond motifs is 1. The summed E-state index contributed by atoms with van der Waals surface area (Å²) in [6.45, 7) is -1.54. The second-order valence-electron chi connectivity index (χ2n) is 9.76. The van der Waals surface area contributed by atoms with E-state index in [4.69, 9.17) is 4.74 Å². The Hall–Kier alpha value is -3.60. The van der Waals surface area contributed by atoms with Gasteiger partial charge in [-0.05, 0) is 79.3 Å². The number of rotatable bonds is 9. The van der Waals surface area contributed by atoms with Gasteiger partial charge in [0.05, 0.1) is 17.1 Å². The Labute approximate surface area is 223 Å². The van der Waals surface area contributed by atoms with E-state index in [0.717, 1.165) is 22.0 Å². The van der Waals surface area contributed by atoms with Gasteiger partial charge in [0.15, 0.2) is 11.5 Å². The zero-order valence-corrected chi connectivity index (χ0v) is 21.7. The number of ether oxygens (including phenoxy) is 2. The summed E-state index contributed by atoms with van der Waals surface area (Å²) in [6.07, 6.45) is -0.316. The molecular weight excluding hydrogens is 538 g/mol. The molecule has 0 spiro atoms. The molecule has 39 heavy (non-hydrogen) atoms. The van der Waals surface area contributed by atoms with Crippen LogP contribution in [0.1, 0.15) is 31.2 Å². The van der Waals surface area contributed by atoms with Crippen LogP contribution in [0, 0.1) is 12.7 Å². The molecule has 0 bridgehead atoms. The lowest BCUT2D eigenvalue weighted by Gasteiger charge is -2.36. The minimum absolute atomic E-state index is 0.0367. The molecule has 0 aromatic heterocycles. The molecular formula is C28H25F4NO5S. The molecule has 1 heterocycles. The number of ketones is 1. The van der Waals surface area contributed by atoms with Crippen molar-refractivity contribution < 1.29 is 40.2 Å². The van der Waals surface area contributed by atoms with Gasteiger partial charge >= 0.3 is 6.61 Å². The van der Waals surface area contributed by atoms with Gasteiger partial charge in [0.25, 0.3) is 10.0 Å². The fourth-order valence-corrected chi connectivity index (χ4v) is 6.18. The lowest BCUT2D eigenvalue weighted by molar-refractivity contribution is -0.125. The van der Waals surface area contributed by atoms with Crippen LogP contribution in [-0.2, 0) is 14.8 Å². The van der Waals surface area contributed by atoms with Gasteiger partial charge in [-0.2, -0.15) is 8.78 Å². The monoisotopic (exact) mass is 563 g/mol. The molecule has 0 unspecified atom stereocenters. The van der Waals surface area contributed by atoms with Crippen LogP contribution < -0.4 is 13.8 Å². The van der Waals surface area contributed by atoms with Crippen molar-refractivity contribution in [3.05, 3.63) is 72.0 Å². The quantitative estimate of drug-likeness (QED) is 0.290. The van der Waals surface area contributed by atoms with Crippen LogP contribution in [0.15, 0.2) is 65.6 Å². The topological polar surface area (TPSA) is 72.9 Å². The number of nitrogens with zero attached hydrogens (tertiary/aromatic N) is 1. The number of Topliss-reactive ketones (excluding diaryl/α,β-unsaturated/α-hetero) is 1. The highest BCUT2D eigenvalue weighted by molar-refractivity contribution is 7.92. The SMILES string of the molecule is Cc1cccc(S(=O)(=O)N2C[C@H](CCC(=O)C3(F)CC3)Oc3ccc(-c4cc(F)cc(OC(F)F)c4)cc32)c1. The zero-order valence-electron chi connectivity index (χ0n) is 20.9. The van der Waals surface area contributed by atoms with Crippen molar-refractivity contribution in [3.8, 4) is 22.6 Å². The summed E-state index contributed by atoms with van der Waals surface area (Å²) in [7, 11) is -4.12. The van der Waals surface area contributed by atoms with Crippen molar-refractivity contribution >= 4 is 21.5 Å². The molecule has 1 saturated carbocycles. The Kier molecular flexibility index (Phi) is 7.04. The van der Waals surface area contributed by atoms with Crippen molar-refractivity contribution in [2.75, 3.05) is 10.8 Å². The number of alkyl halides is 3. The molecule has 5 rings (SSSR count). The maximum Gasteiger partial charge on any atom is 0.387 e. The first-order valence-corrected chi connectivity index (χ1v) is 13.8. The van der Waals surface area contributed by atoms with Crippen molar-refractivity contribution in [2.24, 2.45) is 0 Å². The molecule has 206 valence electrons. The Morgan fingerprint density at radius 1 is 1.10 bits per heavy atom. The lowest BCUT2D eigenvalue weighted by Crippen LogP contribution is -2.44. The Balaban J connectivity index is 1.52. The van der Waals surface area contributed by atoms with E-state index in [9.17, 15) is 30.8 Å². The van der Waals surface area contributed by atoms with E-state index >= 15 is 0 Å². The van der Waals surface area contributed by atoms with E-state index in [0.29, 0.717) is 5.56 Å². The molecule has 6 nitrogen and oxygen atoms in total. The van der Waals surface area contributed by atoms with E-state index in [1.807, 2.05) is 0 Å². The number of hydrogen-bond acceptors (Lipinski definition) is 5. The van der Waals surface area contributed by atoms with Gasteiger partial charge in [-0.25, -0.2) is 17.2 Å². The summed E-state index contributed by atoms with van der Waals surface area (Å²) in [5.74, 6) is -1.52. The third kappa shape index (κ3) is 5.73. The van der Waals surface area contributed by atoms with Gasteiger partial charge in [-0.3, -0.25) is 9.10 Å². The summed E-state index contributed by atoms with van der Waals surface area (Å²) in [5, 5.41) is 0. The Morgan fingerprint density at radius 3 is 2.56 bits per heavy atom. The van der Waals surface area contributed by atoms with Crippen LogP contribution in [0.25, 0.3) is 11.1 Å². The molecule has 3 aromatic rings. The summed E-state index contributed by atoms with van der Waals surface area (Å²) in [5.41, 5.74) is -0.383. The first kappa shape index (κ1) is 27.0. The number of aryl methyl sites for hydroxylation is 1. The molecule has 2 aliphatic rings. The number of sulfonamides is 1. The van der Waals surface area contributed by atoms with Crippen molar-refractivity contribution in [1.29, 1.82) is 0 Å². The number of benzene rings is 3. The fourth-order valence-electron chi connectivity index (χ4n) is 4.58. The molecule has 1 fully saturated rings. The van der Waals surface area contributed by atoms with Gasteiger partial charge in [0.2, 0.25) is 0 Å². The van der Waals surface area contributed by atoms with E-state index in [1.165, 1.54) is 36.4 Å². The van der Waals surface area contributed by atoms with Gasteiger partial charge < -0.3 is 9.47 Å². The van der Waals surface area contributed by atoms with Crippen LogP contribution in [0.4, 0.5) is 23.2 Å². The predicted octanol–water partition coefficient (Wildman–Crippen LogP) is 6.21. The summed E-state index contributed by atoms with van der Waals surface area (Å²) >= 11 is 0. The summed E-state index contributed by atoms with van der Waals surface area (Å²) < 4.78 is 93.0. The summed E-state index contributed by atoms with van der Waals surface area (Å²) in [6, 6.07) is 14.0. The average Bonchev–Trinajstić information content (AvgIpc) is 3.64.